The number of aryl methyl sites for hydroxylation is 2. The molecule has 0 saturated carbocycles. The van der Waals surface area contributed by atoms with Gasteiger partial charge >= 0.3 is 0 Å². The van der Waals surface area contributed by atoms with Crippen LogP contribution in [-0.2, 0) is 12.8 Å². The van der Waals surface area contributed by atoms with E-state index < -0.39 is 0 Å². The van der Waals surface area contributed by atoms with Gasteiger partial charge in [0.2, 0.25) is 0 Å². The normalized spacial score (nSPS) is 10.5. The molecule has 0 fully saturated rings. The van der Waals surface area contributed by atoms with Gasteiger partial charge in [-0.25, -0.2) is 0 Å². The van der Waals surface area contributed by atoms with Crippen LogP contribution in [0, 0.1) is 0 Å². The third-order valence-corrected chi connectivity index (χ3v) is 3.77. The molecule has 0 aliphatic rings. The molecule has 0 aliphatic carbocycles. The Kier molecular flexibility index (Phi) is 4.64. The van der Waals surface area contributed by atoms with Crippen molar-refractivity contribution in [3.05, 3.63) is 69.2 Å². The van der Waals surface area contributed by atoms with Crippen LogP contribution >= 0.6 is 27.5 Å². The highest BCUT2D eigenvalue weighted by Gasteiger charge is 2.01. The molecule has 0 atom stereocenters. The molecule has 0 bridgehead atoms. The second-order valence-corrected chi connectivity index (χ2v) is 5.37. The Hall–Kier alpha value is -0.790. The van der Waals surface area contributed by atoms with Gasteiger partial charge in [0, 0.05) is 9.50 Å². The lowest BCUT2D eigenvalue weighted by Gasteiger charge is -2.05. The molecular weight excluding hydrogens is 296 g/mol. The van der Waals surface area contributed by atoms with E-state index in [-0.39, 0.29) is 0 Å². The van der Waals surface area contributed by atoms with Gasteiger partial charge in [-0.2, -0.15) is 0 Å². The minimum absolute atomic E-state index is 0.808. The summed E-state index contributed by atoms with van der Waals surface area (Å²) < 4.78 is 1.15. The van der Waals surface area contributed by atoms with Crippen molar-refractivity contribution < 1.29 is 0 Å². The summed E-state index contributed by atoms with van der Waals surface area (Å²) in [5.41, 5.74) is 2.68. The van der Waals surface area contributed by atoms with Crippen LogP contribution in [0.2, 0.25) is 5.02 Å². The smallest absolute Gasteiger partial charge is 0.0409 e. The van der Waals surface area contributed by atoms with Crippen molar-refractivity contribution in [1.82, 2.24) is 0 Å². The first-order valence-electron chi connectivity index (χ1n) is 5.73. The predicted molar refractivity (Wildman–Crippen MR) is 77.6 cm³/mol. The quantitative estimate of drug-likeness (QED) is 0.721. The van der Waals surface area contributed by atoms with Gasteiger partial charge in [-0.3, -0.25) is 0 Å². The zero-order valence-corrected chi connectivity index (χ0v) is 11.8. The molecule has 0 amide bonds. The third kappa shape index (κ3) is 3.86. The monoisotopic (exact) mass is 308 g/mol. The van der Waals surface area contributed by atoms with Crippen molar-refractivity contribution >= 4 is 27.5 Å². The highest BCUT2D eigenvalue weighted by Crippen LogP contribution is 2.22. The molecular formula is C15H14BrCl. The van der Waals surface area contributed by atoms with Gasteiger partial charge in [-0.1, -0.05) is 57.9 Å². The Morgan fingerprint density at radius 1 is 0.941 bits per heavy atom. The standard InChI is InChI=1S/C15H14BrCl/c16-15-10-9-14(17)11-13(15)8-4-7-12-5-2-1-3-6-12/h1-3,5-6,9-11H,4,7-8H2. The summed E-state index contributed by atoms with van der Waals surface area (Å²) >= 11 is 9.55. The number of hydrogen-bond acceptors (Lipinski definition) is 0. The average Bonchev–Trinajstić information content (AvgIpc) is 2.35. The lowest BCUT2D eigenvalue weighted by molar-refractivity contribution is 0.818. The van der Waals surface area contributed by atoms with Gasteiger partial charge in [-0.05, 0) is 48.6 Å². The van der Waals surface area contributed by atoms with Gasteiger partial charge in [0.25, 0.3) is 0 Å². The Morgan fingerprint density at radius 2 is 1.71 bits per heavy atom. The maximum Gasteiger partial charge on any atom is 0.0409 e. The van der Waals surface area contributed by atoms with E-state index in [9.17, 15) is 0 Å². The second kappa shape index (κ2) is 6.23. The fraction of sp³-hybridized carbons (Fsp3) is 0.200. The fourth-order valence-corrected chi connectivity index (χ4v) is 2.50. The summed E-state index contributed by atoms with van der Waals surface area (Å²) in [5, 5.41) is 0.808. The first-order chi connectivity index (χ1) is 8.25. The van der Waals surface area contributed by atoms with Crippen molar-refractivity contribution in [2.24, 2.45) is 0 Å². The minimum Gasteiger partial charge on any atom is -0.0843 e. The van der Waals surface area contributed by atoms with Crippen LogP contribution in [0.15, 0.2) is 53.0 Å². The SMILES string of the molecule is Clc1ccc(Br)c(CCCc2ccccc2)c1. The summed E-state index contributed by atoms with van der Waals surface area (Å²) in [5.74, 6) is 0. The lowest BCUT2D eigenvalue weighted by Crippen LogP contribution is -1.91. The van der Waals surface area contributed by atoms with Crippen LogP contribution < -0.4 is 0 Å². The summed E-state index contributed by atoms with van der Waals surface area (Å²) in [6, 6.07) is 16.5. The first kappa shape index (κ1) is 12.7. The van der Waals surface area contributed by atoms with E-state index >= 15 is 0 Å². The average molecular weight is 310 g/mol. The van der Waals surface area contributed by atoms with Crippen molar-refractivity contribution in [2.75, 3.05) is 0 Å². The van der Waals surface area contributed by atoms with Crippen LogP contribution in [0.1, 0.15) is 17.5 Å². The first-order valence-corrected chi connectivity index (χ1v) is 6.90. The molecule has 17 heavy (non-hydrogen) atoms. The molecule has 0 aromatic heterocycles. The van der Waals surface area contributed by atoms with Crippen molar-refractivity contribution in [2.45, 2.75) is 19.3 Å². The molecule has 2 aromatic rings. The zero-order chi connectivity index (χ0) is 12.1. The summed E-state index contributed by atoms with van der Waals surface area (Å²) in [7, 11) is 0. The molecule has 0 aliphatic heterocycles. The maximum atomic E-state index is 5.99. The number of rotatable bonds is 4. The molecule has 0 spiro atoms. The third-order valence-electron chi connectivity index (χ3n) is 2.76. The Bertz CT molecular complexity index is 480. The highest BCUT2D eigenvalue weighted by atomic mass is 79.9. The molecule has 0 nitrogen and oxygen atoms in total. The fourth-order valence-electron chi connectivity index (χ4n) is 1.86. The lowest BCUT2D eigenvalue weighted by atomic mass is 10.0. The van der Waals surface area contributed by atoms with Crippen LogP contribution in [-0.4, -0.2) is 0 Å². The number of benzene rings is 2. The van der Waals surface area contributed by atoms with Crippen LogP contribution in [0.5, 0.6) is 0 Å². The molecule has 2 heteroatoms. The summed E-state index contributed by atoms with van der Waals surface area (Å²) in [6.45, 7) is 0. The second-order valence-electron chi connectivity index (χ2n) is 4.07. The Balaban J connectivity index is 1.92. The summed E-state index contributed by atoms with van der Waals surface area (Å²) in [4.78, 5) is 0. The maximum absolute atomic E-state index is 5.99. The van der Waals surface area contributed by atoms with E-state index in [0.717, 1.165) is 28.8 Å². The van der Waals surface area contributed by atoms with Gasteiger partial charge in [-0.15, -0.1) is 0 Å². The molecule has 0 saturated heterocycles. The van der Waals surface area contributed by atoms with Crippen molar-refractivity contribution in [3.63, 3.8) is 0 Å². The molecule has 2 rings (SSSR count). The Morgan fingerprint density at radius 3 is 2.47 bits per heavy atom. The van der Waals surface area contributed by atoms with Gasteiger partial charge in [0.1, 0.15) is 0 Å². The van der Waals surface area contributed by atoms with E-state index in [1.165, 1.54) is 11.1 Å². The van der Waals surface area contributed by atoms with E-state index in [1.807, 2.05) is 18.2 Å². The van der Waals surface area contributed by atoms with Crippen molar-refractivity contribution in [3.8, 4) is 0 Å². The van der Waals surface area contributed by atoms with Crippen LogP contribution in [0.3, 0.4) is 0 Å². The van der Waals surface area contributed by atoms with Gasteiger partial charge < -0.3 is 0 Å². The Labute approximate surface area is 116 Å². The predicted octanol–water partition coefficient (Wildman–Crippen LogP) is 5.28. The van der Waals surface area contributed by atoms with Gasteiger partial charge in [0.15, 0.2) is 0 Å². The highest BCUT2D eigenvalue weighted by molar-refractivity contribution is 9.10. The minimum atomic E-state index is 0.808. The molecule has 0 radical (unpaired) electrons. The van der Waals surface area contributed by atoms with E-state index in [4.69, 9.17) is 11.6 Å². The number of halogens is 2. The molecule has 2 aromatic carbocycles. The van der Waals surface area contributed by atoms with E-state index in [0.29, 0.717) is 0 Å². The number of hydrogen-bond donors (Lipinski definition) is 0. The largest absolute Gasteiger partial charge is 0.0843 e. The van der Waals surface area contributed by atoms with Crippen molar-refractivity contribution in [1.29, 1.82) is 0 Å². The van der Waals surface area contributed by atoms with E-state index in [1.54, 1.807) is 0 Å². The zero-order valence-electron chi connectivity index (χ0n) is 9.50. The topological polar surface area (TPSA) is 0 Å². The van der Waals surface area contributed by atoms with Crippen LogP contribution in [0.25, 0.3) is 0 Å². The van der Waals surface area contributed by atoms with Crippen LogP contribution in [0.4, 0.5) is 0 Å². The van der Waals surface area contributed by atoms with Gasteiger partial charge in [0.05, 0.1) is 0 Å². The molecule has 0 unspecified atom stereocenters. The van der Waals surface area contributed by atoms with E-state index in [2.05, 4.69) is 46.3 Å². The molecule has 88 valence electrons. The molecule has 0 N–H and O–H groups in total. The summed E-state index contributed by atoms with van der Waals surface area (Å²) in [6.07, 6.45) is 3.30. The molecule has 0 heterocycles.